The van der Waals surface area contributed by atoms with E-state index in [-0.39, 0.29) is 29.4 Å². The summed E-state index contributed by atoms with van der Waals surface area (Å²) in [5.41, 5.74) is 4.85. The summed E-state index contributed by atoms with van der Waals surface area (Å²) in [7, 11) is 0. The van der Waals surface area contributed by atoms with Crippen LogP contribution in [0.4, 0.5) is 5.00 Å². The lowest BCUT2D eigenvalue weighted by atomic mass is 10.3. The van der Waals surface area contributed by atoms with Gasteiger partial charge in [-0.05, 0) is 36.6 Å². The van der Waals surface area contributed by atoms with Crippen molar-refractivity contribution in [3.63, 3.8) is 0 Å². The van der Waals surface area contributed by atoms with Gasteiger partial charge in [0, 0.05) is 6.07 Å². The average molecular weight is 456 g/mol. The molecule has 10 nitrogen and oxygen atoms in total. The Kier molecular flexibility index (Phi) is 7.34. The van der Waals surface area contributed by atoms with Crippen LogP contribution in [-0.2, 0) is 16.1 Å². The number of hydrogen-bond acceptors (Lipinski definition) is 8. The number of nitrogens with two attached hydrogens (primary N) is 1. The molecule has 0 aliphatic carbocycles. The molecule has 0 saturated heterocycles. The Morgan fingerprint density at radius 2 is 1.91 bits per heavy atom. The summed E-state index contributed by atoms with van der Waals surface area (Å²) in [6.45, 7) is 1.64. The molecule has 11 heteroatoms. The lowest BCUT2D eigenvalue weighted by molar-refractivity contribution is -0.123. The third kappa shape index (κ3) is 5.79. The van der Waals surface area contributed by atoms with E-state index >= 15 is 0 Å². The Morgan fingerprint density at radius 3 is 2.62 bits per heavy atom. The summed E-state index contributed by atoms with van der Waals surface area (Å²) in [4.78, 5) is 48.1. The Balaban J connectivity index is 1.59. The van der Waals surface area contributed by atoms with Gasteiger partial charge in [0.1, 0.15) is 17.4 Å². The van der Waals surface area contributed by atoms with Crippen molar-refractivity contribution in [1.82, 2.24) is 9.78 Å². The molecule has 3 rings (SSSR count). The van der Waals surface area contributed by atoms with E-state index < -0.39 is 29.4 Å². The first-order valence-corrected chi connectivity index (χ1v) is 10.4. The molecule has 0 bridgehead atoms. The highest BCUT2D eigenvalue weighted by molar-refractivity contribution is 7.14. The number of carbonyl (C=O) groups excluding carboxylic acids is 3. The van der Waals surface area contributed by atoms with Crippen molar-refractivity contribution in [2.45, 2.75) is 19.6 Å². The summed E-state index contributed by atoms with van der Waals surface area (Å²) in [6.07, 6.45) is -1.19. The van der Waals surface area contributed by atoms with E-state index in [2.05, 4.69) is 10.4 Å². The van der Waals surface area contributed by atoms with Gasteiger partial charge in [-0.3, -0.25) is 14.4 Å². The fourth-order valence-corrected chi connectivity index (χ4v) is 3.37. The van der Waals surface area contributed by atoms with Crippen LogP contribution in [-0.4, -0.2) is 40.3 Å². The van der Waals surface area contributed by atoms with Gasteiger partial charge in [-0.1, -0.05) is 18.2 Å². The van der Waals surface area contributed by atoms with E-state index in [1.165, 1.54) is 25.1 Å². The molecule has 3 aromatic rings. The number of primary amides is 1. The minimum Gasteiger partial charge on any atom is -0.492 e. The Labute approximate surface area is 186 Å². The third-order valence-electron chi connectivity index (χ3n) is 4.21. The van der Waals surface area contributed by atoms with Crippen molar-refractivity contribution >= 4 is 34.1 Å². The molecule has 0 aliphatic rings. The number of ether oxygens (including phenoxy) is 2. The monoisotopic (exact) mass is 456 g/mol. The second kappa shape index (κ2) is 10.4. The van der Waals surface area contributed by atoms with Crippen LogP contribution in [0.2, 0.25) is 0 Å². The maximum absolute atomic E-state index is 12.4. The number of amides is 2. The quantitative estimate of drug-likeness (QED) is 0.466. The number of esters is 1. The van der Waals surface area contributed by atoms with Gasteiger partial charge in [0.05, 0.1) is 12.1 Å². The van der Waals surface area contributed by atoms with Gasteiger partial charge in [-0.2, -0.15) is 5.10 Å². The molecule has 2 amide bonds. The molecule has 1 atom stereocenters. The van der Waals surface area contributed by atoms with E-state index in [1.807, 2.05) is 18.2 Å². The first-order chi connectivity index (χ1) is 15.3. The van der Waals surface area contributed by atoms with Crippen molar-refractivity contribution in [2.24, 2.45) is 5.73 Å². The molecule has 0 aliphatic heterocycles. The lowest BCUT2D eigenvalue weighted by Crippen LogP contribution is -2.32. The van der Waals surface area contributed by atoms with E-state index in [0.717, 1.165) is 16.0 Å². The standard InChI is InChI=1S/C21H20N4O6S/c1-13(19(28)23-20-15(18(22)27)9-12-32-20)31-21(29)16-7-8-17(26)25(24-16)10-11-30-14-5-3-2-4-6-14/h2-9,12-13H,10-11H2,1H3,(H2,22,27)(H,23,28). The van der Waals surface area contributed by atoms with Gasteiger partial charge in [-0.25, -0.2) is 9.48 Å². The number of nitrogens with zero attached hydrogens (tertiary/aromatic N) is 2. The summed E-state index contributed by atoms with van der Waals surface area (Å²) >= 11 is 1.11. The number of carbonyl (C=O) groups is 3. The highest BCUT2D eigenvalue weighted by Gasteiger charge is 2.22. The zero-order valence-corrected chi connectivity index (χ0v) is 17.8. The minimum absolute atomic E-state index is 0.110. The molecule has 0 saturated carbocycles. The number of hydrogen-bond donors (Lipinski definition) is 2. The Bertz CT molecular complexity index is 1170. The smallest absolute Gasteiger partial charge is 0.359 e. The predicted octanol–water partition coefficient (Wildman–Crippen LogP) is 1.67. The molecule has 2 heterocycles. The second-order valence-corrected chi connectivity index (χ2v) is 7.42. The predicted molar refractivity (Wildman–Crippen MR) is 117 cm³/mol. The van der Waals surface area contributed by atoms with Gasteiger partial charge in [-0.15, -0.1) is 11.3 Å². The molecular weight excluding hydrogens is 436 g/mol. The van der Waals surface area contributed by atoms with E-state index in [0.29, 0.717) is 5.75 Å². The average Bonchev–Trinajstić information content (AvgIpc) is 3.24. The number of anilines is 1. The van der Waals surface area contributed by atoms with Gasteiger partial charge in [0.15, 0.2) is 11.8 Å². The van der Waals surface area contributed by atoms with Gasteiger partial charge < -0.3 is 20.5 Å². The van der Waals surface area contributed by atoms with Crippen LogP contribution < -0.4 is 21.3 Å². The van der Waals surface area contributed by atoms with Crippen LogP contribution in [0.5, 0.6) is 5.75 Å². The molecule has 1 aromatic carbocycles. The van der Waals surface area contributed by atoms with Crippen molar-refractivity contribution in [3.8, 4) is 5.75 Å². The summed E-state index contributed by atoms with van der Waals surface area (Å²) in [6, 6.07) is 12.9. The van der Waals surface area contributed by atoms with Crippen LogP contribution >= 0.6 is 11.3 Å². The van der Waals surface area contributed by atoms with Gasteiger partial charge >= 0.3 is 5.97 Å². The first kappa shape index (κ1) is 22.7. The second-order valence-electron chi connectivity index (χ2n) is 6.51. The zero-order chi connectivity index (χ0) is 23.1. The van der Waals surface area contributed by atoms with E-state index in [1.54, 1.807) is 17.5 Å². The number of para-hydroxylation sites is 1. The number of thiophene rings is 1. The van der Waals surface area contributed by atoms with Crippen LogP contribution in [0.3, 0.4) is 0 Å². The first-order valence-electron chi connectivity index (χ1n) is 9.50. The number of nitrogens with one attached hydrogen (secondary N) is 1. The molecule has 3 N–H and O–H groups in total. The molecule has 0 spiro atoms. The Morgan fingerprint density at radius 1 is 1.16 bits per heavy atom. The maximum atomic E-state index is 12.4. The Hall–Kier alpha value is -3.99. The number of rotatable bonds is 9. The minimum atomic E-state index is -1.19. The molecule has 2 aromatic heterocycles. The molecule has 0 fully saturated rings. The third-order valence-corrected chi connectivity index (χ3v) is 5.04. The molecule has 32 heavy (non-hydrogen) atoms. The number of benzene rings is 1. The SMILES string of the molecule is CC(OC(=O)c1ccc(=O)n(CCOc2ccccc2)n1)C(=O)Nc1sccc1C(N)=O. The van der Waals surface area contributed by atoms with Crippen LogP contribution in [0.15, 0.2) is 58.7 Å². The largest absolute Gasteiger partial charge is 0.492 e. The van der Waals surface area contributed by atoms with E-state index in [4.69, 9.17) is 15.2 Å². The fraction of sp³-hybridized carbons (Fsp3) is 0.190. The van der Waals surface area contributed by atoms with Gasteiger partial charge in [0.2, 0.25) is 0 Å². The van der Waals surface area contributed by atoms with Crippen LogP contribution in [0.1, 0.15) is 27.8 Å². The van der Waals surface area contributed by atoms with Crippen molar-refractivity contribution in [2.75, 3.05) is 11.9 Å². The summed E-state index contributed by atoms with van der Waals surface area (Å²) in [5, 5.41) is 8.35. The molecule has 0 radical (unpaired) electrons. The summed E-state index contributed by atoms with van der Waals surface area (Å²) < 4.78 is 11.8. The lowest BCUT2D eigenvalue weighted by Gasteiger charge is -2.13. The van der Waals surface area contributed by atoms with Crippen molar-refractivity contribution in [1.29, 1.82) is 0 Å². The van der Waals surface area contributed by atoms with Crippen LogP contribution in [0.25, 0.3) is 0 Å². The van der Waals surface area contributed by atoms with E-state index in [9.17, 15) is 19.2 Å². The summed E-state index contributed by atoms with van der Waals surface area (Å²) in [5.74, 6) is -1.57. The molecular formula is C21H20N4O6S. The number of aromatic nitrogens is 2. The highest BCUT2D eigenvalue weighted by atomic mass is 32.1. The van der Waals surface area contributed by atoms with Crippen molar-refractivity contribution < 1.29 is 23.9 Å². The van der Waals surface area contributed by atoms with Crippen LogP contribution in [0, 0.1) is 0 Å². The zero-order valence-electron chi connectivity index (χ0n) is 17.0. The normalized spacial score (nSPS) is 11.4. The van der Waals surface area contributed by atoms with Gasteiger partial charge in [0.25, 0.3) is 17.4 Å². The highest BCUT2D eigenvalue weighted by Crippen LogP contribution is 2.23. The topological polar surface area (TPSA) is 143 Å². The fourth-order valence-electron chi connectivity index (χ4n) is 2.57. The van der Waals surface area contributed by atoms with Crippen molar-refractivity contribution in [3.05, 3.63) is 75.5 Å². The molecule has 1 unspecified atom stereocenters. The maximum Gasteiger partial charge on any atom is 0.359 e. The molecule has 166 valence electrons.